The molecule has 8 heteroatoms. The highest BCUT2D eigenvalue weighted by molar-refractivity contribution is 6.32. The van der Waals surface area contributed by atoms with Gasteiger partial charge in [0.05, 0.1) is 19.0 Å². The van der Waals surface area contributed by atoms with E-state index in [0.717, 1.165) is 30.7 Å². The van der Waals surface area contributed by atoms with Gasteiger partial charge in [0.25, 0.3) is 5.56 Å². The van der Waals surface area contributed by atoms with Crippen LogP contribution in [0, 0.1) is 5.92 Å². The van der Waals surface area contributed by atoms with E-state index in [2.05, 4.69) is 15.2 Å². The van der Waals surface area contributed by atoms with Crippen molar-refractivity contribution in [3.63, 3.8) is 0 Å². The minimum atomic E-state index is -0.552. The van der Waals surface area contributed by atoms with Gasteiger partial charge in [-0.15, -0.1) is 0 Å². The lowest BCUT2D eigenvalue weighted by molar-refractivity contribution is -0.141. The smallest absolute Gasteiger partial charge is 0.327 e. The van der Waals surface area contributed by atoms with Crippen molar-refractivity contribution in [2.75, 3.05) is 32.2 Å². The molecule has 2 rings (SSSR count). The van der Waals surface area contributed by atoms with E-state index in [0.29, 0.717) is 18.2 Å². The Hall–Kier alpha value is -1.60. The summed E-state index contributed by atoms with van der Waals surface area (Å²) in [6, 6.07) is 0. The van der Waals surface area contributed by atoms with E-state index in [-0.39, 0.29) is 11.6 Å². The molecule has 0 unspecified atom stereocenters. The Labute approximate surface area is 127 Å². The fourth-order valence-corrected chi connectivity index (χ4v) is 2.31. The van der Waals surface area contributed by atoms with Gasteiger partial charge in [-0.2, -0.15) is 5.10 Å². The summed E-state index contributed by atoms with van der Waals surface area (Å²) in [6.07, 6.45) is 3.42. The quantitative estimate of drug-likeness (QED) is 0.813. The molecule has 0 saturated carbocycles. The number of nitrogens with zero attached hydrogens (tertiary/aromatic N) is 2. The van der Waals surface area contributed by atoms with Crippen LogP contribution in [-0.4, -0.2) is 42.6 Å². The summed E-state index contributed by atoms with van der Waals surface area (Å²) in [5.41, 5.74) is -0.0340. The number of rotatable bonds is 5. The Morgan fingerprint density at radius 2 is 2.29 bits per heavy atom. The van der Waals surface area contributed by atoms with Gasteiger partial charge < -0.3 is 14.8 Å². The third kappa shape index (κ3) is 4.18. The number of carbonyl (C=O) groups excluding carboxylic acids is 1. The number of ether oxygens (including phenoxy) is 2. The molecule has 0 aliphatic carbocycles. The largest absolute Gasteiger partial charge is 0.468 e. The van der Waals surface area contributed by atoms with Crippen LogP contribution in [0.15, 0.2) is 11.0 Å². The van der Waals surface area contributed by atoms with Crippen LogP contribution in [0.3, 0.4) is 0 Å². The molecular weight excluding hydrogens is 298 g/mol. The first-order valence-corrected chi connectivity index (χ1v) is 7.13. The van der Waals surface area contributed by atoms with Gasteiger partial charge in [-0.05, 0) is 18.8 Å². The van der Waals surface area contributed by atoms with Crippen LogP contribution >= 0.6 is 11.6 Å². The molecule has 2 heterocycles. The lowest BCUT2D eigenvalue weighted by Gasteiger charge is -2.22. The fourth-order valence-electron chi connectivity index (χ4n) is 2.09. The predicted octanol–water partition coefficient (Wildman–Crippen LogP) is 0.908. The van der Waals surface area contributed by atoms with Gasteiger partial charge in [0.2, 0.25) is 0 Å². The lowest BCUT2D eigenvalue weighted by atomic mass is 10.0. The van der Waals surface area contributed by atoms with E-state index in [9.17, 15) is 9.59 Å². The van der Waals surface area contributed by atoms with Crippen molar-refractivity contribution in [2.24, 2.45) is 5.92 Å². The highest BCUT2D eigenvalue weighted by Crippen LogP contribution is 2.19. The summed E-state index contributed by atoms with van der Waals surface area (Å²) >= 11 is 6.03. The maximum Gasteiger partial charge on any atom is 0.327 e. The van der Waals surface area contributed by atoms with E-state index in [1.165, 1.54) is 13.3 Å². The number of anilines is 1. The molecule has 0 radical (unpaired) electrons. The second-order valence-electron chi connectivity index (χ2n) is 4.85. The molecule has 1 saturated heterocycles. The molecule has 1 aliphatic heterocycles. The summed E-state index contributed by atoms with van der Waals surface area (Å²) in [4.78, 5) is 23.2. The minimum Gasteiger partial charge on any atom is -0.468 e. The maximum absolute atomic E-state index is 12.0. The third-order valence-corrected chi connectivity index (χ3v) is 3.78. The van der Waals surface area contributed by atoms with E-state index in [1.54, 1.807) is 0 Å². The minimum absolute atomic E-state index is 0.0287. The average molecular weight is 316 g/mol. The number of hydrogen-bond acceptors (Lipinski definition) is 6. The normalized spacial score (nSPS) is 15.7. The molecule has 1 aromatic rings. The maximum atomic E-state index is 12.0. The highest BCUT2D eigenvalue weighted by Gasteiger charge is 2.16. The number of halogens is 1. The van der Waals surface area contributed by atoms with Crippen molar-refractivity contribution in [2.45, 2.75) is 19.4 Å². The molecule has 1 N–H and O–H groups in total. The summed E-state index contributed by atoms with van der Waals surface area (Å²) in [5.74, 6) is -0.0594. The molecule has 0 amide bonds. The first-order valence-electron chi connectivity index (χ1n) is 6.76. The molecule has 0 atom stereocenters. The van der Waals surface area contributed by atoms with Crippen molar-refractivity contribution in [3.8, 4) is 0 Å². The second kappa shape index (κ2) is 7.42. The molecule has 21 heavy (non-hydrogen) atoms. The molecule has 0 aromatic carbocycles. The predicted molar refractivity (Wildman–Crippen MR) is 77.6 cm³/mol. The molecular formula is C13H18ClN3O4. The third-order valence-electron chi connectivity index (χ3n) is 3.41. The van der Waals surface area contributed by atoms with Crippen molar-refractivity contribution >= 4 is 23.3 Å². The van der Waals surface area contributed by atoms with Crippen LogP contribution in [0.4, 0.5) is 5.69 Å². The highest BCUT2D eigenvalue weighted by atomic mass is 35.5. The Kier molecular flexibility index (Phi) is 5.58. The van der Waals surface area contributed by atoms with Crippen molar-refractivity contribution in [1.82, 2.24) is 9.78 Å². The molecule has 1 aromatic heterocycles. The van der Waals surface area contributed by atoms with E-state index in [1.807, 2.05) is 0 Å². The molecule has 7 nitrogen and oxygen atoms in total. The number of esters is 1. The monoisotopic (exact) mass is 315 g/mol. The number of aromatic nitrogens is 2. The number of hydrogen-bond donors (Lipinski definition) is 1. The van der Waals surface area contributed by atoms with E-state index in [4.69, 9.17) is 16.3 Å². The van der Waals surface area contributed by atoms with Crippen LogP contribution in [0.2, 0.25) is 5.02 Å². The molecule has 1 aliphatic rings. The molecule has 116 valence electrons. The number of nitrogens with one attached hydrogen (secondary N) is 1. The van der Waals surface area contributed by atoms with Gasteiger partial charge in [-0.1, -0.05) is 11.6 Å². The van der Waals surface area contributed by atoms with Gasteiger partial charge in [0.15, 0.2) is 0 Å². The zero-order valence-corrected chi connectivity index (χ0v) is 12.6. The van der Waals surface area contributed by atoms with Crippen LogP contribution in [0.25, 0.3) is 0 Å². The average Bonchev–Trinajstić information content (AvgIpc) is 2.52. The van der Waals surface area contributed by atoms with Crippen LogP contribution in [0.1, 0.15) is 12.8 Å². The zero-order valence-electron chi connectivity index (χ0n) is 11.8. The zero-order chi connectivity index (χ0) is 15.2. The Bertz CT molecular complexity index is 555. The summed E-state index contributed by atoms with van der Waals surface area (Å²) < 4.78 is 10.8. The summed E-state index contributed by atoms with van der Waals surface area (Å²) in [5, 5.41) is 7.09. The van der Waals surface area contributed by atoms with Crippen molar-refractivity contribution in [3.05, 3.63) is 21.6 Å². The SMILES string of the molecule is COC(=O)Cn1ncc(NCC2CCOCC2)c(Cl)c1=O. The van der Waals surface area contributed by atoms with Gasteiger partial charge in [0.1, 0.15) is 11.6 Å². The summed E-state index contributed by atoms with van der Waals surface area (Å²) in [7, 11) is 1.25. The number of methoxy groups -OCH3 is 1. The first-order chi connectivity index (χ1) is 10.1. The van der Waals surface area contributed by atoms with Gasteiger partial charge >= 0.3 is 5.97 Å². The second-order valence-corrected chi connectivity index (χ2v) is 5.23. The van der Waals surface area contributed by atoms with Crippen LogP contribution in [-0.2, 0) is 20.8 Å². The lowest BCUT2D eigenvalue weighted by Crippen LogP contribution is -2.29. The number of carbonyl (C=O) groups is 1. The first kappa shape index (κ1) is 15.8. The van der Waals surface area contributed by atoms with Gasteiger partial charge in [0, 0.05) is 19.8 Å². The Morgan fingerprint density at radius 1 is 1.57 bits per heavy atom. The van der Waals surface area contributed by atoms with Gasteiger partial charge in [-0.25, -0.2) is 4.68 Å². The molecule has 0 bridgehead atoms. The van der Waals surface area contributed by atoms with Gasteiger partial charge in [-0.3, -0.25) is 9.59 Å². The van der Waals surface area contributed by atoms with E-state index >= 15 is 0 Å². The topological polar surface area (TPSA) is 82.5 Å². The van der Waals surface area contributed by atoms with Crippen molar-refractivity contribution in [1.29, 1.82) is 0 Å². The van der Waals surface area contributed by atoms with Crippen LogP contribution in [0.5, 0.6) is 0 Å². The van der Waals surface area contributed by atoms with E-state index < -0.39 is 11.5 Å². The van der Waals surface area contributed by atoms with Crippen LogP contribution < -0.4 is 10.9 Å². The Balaban J connectivity index is 2.02. The molecule has 0 spiro atoms. The standard InChI is InChI=1S/C13H18ClN3O4/c1-20-11(18)8-17-13(19)12(14)10(7-16-17)15-6-9-2-4-21-5-3-9/h7,9,15H,2-6,8H2,1H3. The fraction of sp³-hybridized carbons (Fsp3) is 0.615. The summed E-state index contributed by atoms with van der Waals surface area (Å²) in [6.45, 7) is 1.98. The Morgan fingerprint density at radius 3 is 2.95 bits per heavy atom. The van der Waals surface area contributed by atoms with Crippen molar-refractivity contribution < 1.29 is 14.3 Å². The molecule has 1 fully saturated rings.